The molecule has 0 aliphatic rings. The van der Waals surface area contributed by atoms with E-state index in [0.29, 0.717) is 5.69 Å². The number of anilines is 2. The predicted octanol–water partition coefficient (Wildman–Crippen LogP) is -0.152. The molecule has 1 aromatic rings. The molecule has 1 aromatic heterocycles. The van der Waals surface area contributed by atoms with E-state index in [1.165, 1.54) is 6.20 Å². The summed E-state index contributed by atoms with van der Waals surface area (Å²) >= 11 is 0. The third kappa shape index (κ3) is 5.54. The average molecular weight is 300 g/mol. The number of pyridine rings is 1. The van der Waals surface area contributed by atoms with E-state index in [9.17, 15) is 13.2 Å². The van der Waals surface area contributed by atoms with Crippen LogP contribution in [-0.2, 0) is 14.6 Å². The van der Waals surface area contributed by atoms with E-state index in [1.807, 2.05) is 19.0 Å². The topological polar surface area (TPSA) is 105 Å². The summed E-state index contributed by atoms with van der Waals surface area (Å²) < 4.78 is 22.0. The van der Waals surface area contributed by atoms with E-state index >= 15 is 0 Å². The number of rotatable bonds is 6. The van der Waals surface area contributed by atoms with Crippen LogP contribution in [0.15, 0.2) is 18.3 Å². The Morgan fingerprint density at radius 1 is 1.45 bits per heavy atom. The number of sulfone groups is 1. The van der Waals surface area contributed by atoms with Gasteiger partial charge in [-0.2, -0.15) is 0 Å². The number of nitrogens with zero attached hydrogens (tertiary/aromatic N) is 2. The zero-order valence-corrected chi connectivity index (χ0v) is 12.6. The Labute approximate surface area is 119 Å². The van der Waals surface area contributed by atoms with Crippen molar-refractivity contribution in [1.29, 1.82) is 0 Å². The van der Waals surface area contributed by atoms with Crippen molar-refractivity contribution in [3.05, 3.63) is 18.3 Å². The molecule has 1 rings (SSSR count). The van der Waals surface area contributed by atoms with Gasteiger partial charge in [-0.1, -0.05) is 0 Å². The zero-order valence-electron chi connectivity index (χ0n) is 11.8. The average Bonchev–Trinajstić information content (AvgIpc) is 2.35. The van der Waals surface area contributed by atoms with Gasteiger partial charge < -0.3 is 16.0 Å². The number of aromatic nitrogens is 1. The molecular formula is C12H20N4O3S. The van der Waals surface area contributed by atoms with Crippen LogP contribution in [0.4, 0.5) is 11.5 Å². The van der Waals surface area contributed by atoms with Crippen molar-refractivity contribution >= 4 is 27.2 Å². The first kappa shape index (κ1) is 16.4. The lowest BCUT2D eigenvalue weighted by molar-refractivity contribution is -0.117. The highest BCUT2D eigenvalue weighted by molar-refractivity contribution is 7.90. The number of nitrogens with two attached hydrogens (primary N) is 1. The lowest BCUT2D eigenvalue weighted by Crippen LogP contribution is -2.37. The number of hydrogen-bond donors (Lipinski definition) is 2. The van der Waals surface area contributed by atoms with Crippen LogP contribution < -0.4 is 16.0 Å². The SMILES string of the molecule is CN(C)c1ccc(NC(=O)[C@@H](N)CCS(C)(=O)=O)cn1. The van der Waals surface area contributed by atoms with Gasteiger partial charge in [-0.25, -0.2) is 13.4 Å². The van der Waals surface area contributed by atoms with Crippen LogP contribution in [0, 0.1) is 0 Å². The molecule has 3 N–H and O–H groups in total. The molecule has 8 heteroatoms. The van der Waals surface area contributed by atoms with E-state index in [-0.39, 0.29) is 12.2 Å². The van der Waals surface area contributed by atoms with Crippen LogP contribution in [0.25, 0.3) is 0 Å². The van der Waals surface area contributed by atoms with Crippen LogP contribution in [0.1, 0.15) is 6.42 Å². The first-order chi connectivity index (χ1) is 9.19. The van der Waals surface area contributed by atoms with Crippen molar-refractivity contribution in [1.82, 2.24) is 4.98 Å². The summed E-state index contributed by atoms with van der Waals surface area (Å²) in [6.07, 6.45) is 2.73. The number of hydrogen-bond acceptors (Lipinski definition) is 6. The second kappa shape index (κ2) is 6.67. The van der Waals surface area contributed by atoms with Crippen molar-refractivity contribution in [3.63, 3.8) is 0 Å². The largest absolute Gasteiger partial charge is 0.363 e. The molecule has 7 nitrogen and oxygen atoms in total. The smallest absolute Gasteiger partial charge is 0.241 e. The van der Waals surface area contributed by atoms with E-state index in [2.05, 4.69) is 10.3 Å². The van der Waals surface area contributed by atoms with Gasteiger partial charge in [-0.15, -0.1) is 0 Å². The molecule has 20 heavy (non-hydrogen) atoms. The molecule has 1 atom stereocenters. The first-order valence-corrected chi connectivity index (χ1v) is 8.12. The summed E-state index contributed by atoms with van der Waals surface area (Å²) in [5, 5.41) is 2.60. The third-order valence-electron chi connectivity index (χ3n) is 2.61. The minimum absolute atomic E-state index is 0.0911. The molecule has 0 saturated carbocycles. The quantitative estimate of drug-likeness (QED) is 0.757. The van der Waals surface area contributed by atoms with Gasteiger partial charge in [0.15, 0.2) is 0 Å². The fraction of sp³-hybridized carbons (Fsp3) is 0.500. The zero-order chi connectivity index (χ0) is 15.3. The van der Waals surface area contributed by atoms with Gasteiger partial charge in [0, 0.05) is 20.4 Å². The van der Waals surface area contributed by atoms with Crippen molar-refractivity contribution in [3.8, 4) is 0 Å². The van der Waals surface area contributed by atoms with Crippen molar-refractivity contribution in [2.75, 3.05) is 36.3 Å². The molecule has 112 valence electrons. The molecule has 0 unspecified atom stereocenters. The Hall–Kier alpha value is -1.67. The molecule has 1 amide bonds. The van der Waals surface area contributed by atoms with Gasteiger partial charge in [0.2, 0.25) is 5.91 Å². The molecule has 0 aliphatic carbocycles. The van der Waals surface area contributed by atoms with Gasteiger partial charge in [0.25, 0.3) is 0 Å². The minimum atomic E-state index is -3.12. The second-order valence-corrected chi connectivity index (χ2v) is 7.07. The molecule has 0 spiro atoms. The molecule has 0 saturated heterocycles. The van der Waals surface area contributed by atoms with Crippen molar-refractivity contribution in [2.45, 2.75) is 12.5 Å². The van der Waals surface area contributed by atoms with Gasteiger partial charge in [-0.05, 0) is 18.6 Å². The fourth-order valence-corrected chi connectivity index (χ4v) is 2.11. The number of amides is 1. The van der Waals surface area contributed by atoms with Crippen molar-refractivity contribution in [2.24, 2.45) is 5.73 Å². The highest BCUT2D eigenvalue weighted by Gasteiger charge is 2.16. The van der Waals surface area contributed by atoms with E-state index in [0.717, 1.165) is 12.1 Å². The van der Waals surface area contributed by atoms with Gasteiger partial charge >= 0.3 is 0 Å². The summed E-state index contributed by atoms with van der Waals surface area (Å²) in [5.74, 6) is 0.233. The highest BCUT2D eigenvalue weighted by Crippen LogP contribution is 2.12. The molecular weight excluding hydrogens is 280 g/mol. The summed E-state index contributed by atoms with van der Waals surface area (Å²) in [5.41, 5.74) is 6.17. The number of nitrogens with one attached hydrogen (secondary N) is 1. The molecule has 0 radical (unpaired) electrons. The standard InChI is InChI=1S/C12H20N4O3S/c1-16(2)11-5-4-9(8-14-11)15-12(17)10(13)6-7-20(3,18)19/h4-5,8,10H,6-7,13H2,1-3H3,(H,15,17)/t10-/m0/s1. The van der Waals surface area contributed by atoms with Crippen LogP contribution in [0.3, 0.4) is 0 Å². The molecule has 0 aromatic carbocycles. The van der Waals surface area contributed by atoms with E-state index in [4.69, 9.17) is 5.73 Å². The van der Waals surface area contributed by atoms with E-state index in [1.54, 1.807) is 12.1 Å². The van der Waals surface area contributed by atoms with Gasteiger partial charge in [0.1, 0.15) is 15.7 Å². The Balaban J connectivity index is 2.57. The number of carbonyl (C=O) groups excluding carboxylic acids is 1. The lowest BCUT2D eigenvalue weighted by Gasteiger charge is -2.13. The minimum Gasteiger partial charge on any atom is -0.363 e. The second-order valence-electron chi connectivity index (χ2n) is 4.81. The fourth-order valence-electron chi connectivity index (χ4n) is 1.43. The lowest BCUT2D eigenvalue weighted by atomic mass is 10.2. The maximum absolute atomic E-state index is 11.8. The molecule has 0 aliphatic heterocycles. The van der Waals surface area contributed by atoms with Gasteiger partial charge in [-0.3, -0.25) is 4.79 Å². The third-order valence-corrected chi connectivity index (χ3v) is 3.59. The predicted molar refractivity (Wildman–Crippen MR) is 79.5 cm³/mol. The summed E-state index contributed by atoms with van der Waals surface area (Å²) in [7, 11) is 0.607. The monoisotopic (exact) mass is 300 g/mol. The maximum atomic E-state index is 11.8. The van der Waals surface area contributed by atoms with Crippen molar-refractivity contribution < 1.29 is 13.2 Å². The maximum Gasteiger partial charge on any atom is 0.241 e. The Morgan fingerprint density at radius 3 is 2.55 bits per heavy atom. The molecule has 1 heterocycles. The Kier molecular flexibility index (Phi) is 5.46. The summed E-state index contributed by atoms with van der Waals surface area (Å²) in [6.45, 7) is 0. The van der Waals surface area contributed by atoms with Crippen LogP contribution >= 0.6 is 0 Å². The summed E-state index contributed by atoms with van der Waals surface area (Å²) in [6, 6.07) is 2.61. The van der Waals surface area contributed by atoms with Crippen LogP contribution in [-0.4, -0.2) is 51.5 Å². The molecule has 0 fully saturated rings. The van der Waals surface area contributed by atoms with Crippen LogP contribution in [0.5, 0.6) is 0 Å². The van der Waals surface area contributed by atoms with Crippen LogP contribution in [0.2, 0.25) is 0 Å². The number of carbonyl (C=O) groups is 1. The highest BCUT2D eigenvalue weighted by atomic mass is 32.2. The summed E-state index contributed by atoms with van der Waals surface area (Å²) in [4.78, 5) is 17.8. The Morgan fingerprint density at radius 2 is 2.10 bits per heavy atom. The van der Waals surface area contributed by atoms with Gasteiger partial charge in [0.05, 0.1) is 23.7 Å². The molecule has 0 bridgehead atoms. The Bertz CT molecular complexity index is 555. The normalized spacial score (nSPS) is 12.8. The first-order valence-electron chi connectivity index (χ1n) is 6.06. The van der Waals surface area contributed by atoms with E-state index < -0.39 is 21.8 Å².